The Balaban J connectivity index is 1.91. The molecule has 0 saturated carbocycles. The summed E-state index contributed by atoms with van der Waals surface area (Å²) in [7, 11) is 0. The SMILES string of the molecule is c1cncc(C2Cc3ccccc3O2)c1. The smallest absolute Gasteiger partial charge is 0.129 e. The van der Waals surface area contributed by atoms with E-state index < -0.39 is 0 Å². The number of aromatic nitrogens is 1. The number of benzene rings is 1. The molecule has 0 N–H and O–H groups in total. The predicted molar refractivity (Wildman–Crippen MR) is 57.8 cm³/mol. The number of rotatable bonds is 1. The Labute approximate surface area is 88.5 Å². The van der Waals surface area contributed by atoms with Crippen LogP contribution in [0.25, 0.3) is 0 Å². The van der Waals surface area contributed by atoms with E-state index in [-0.39, 0.29) is 6.10 Å². The molecule has 2 aromatic rings. The third-order valence-electron chi connectivity index (χ3n) is 2.70. The van der Waals surface area contributed by atoms with Gasteiger partial charge < -0.3 is 4.74 Å². The number of nitrogens with zero attached hydrogens (tertiary/aromatic N) is 1. The molecule has 0 spiro atoms. The second-order valence-corrected chi connectivity index (χ2v) is 3.70. The van der Waals surface area contributed by atoms with Crippen LogP contribution in [0.5, 0.6) is 5.75 Å². The molecule has 1 atom stereocenters. The van der Waals surface area contributed by atoms with Crippen LogP contribution in [0.2, 0.25) is 0 Å². The molecule has 0 fully saturated rings. The summed E-state index contributed by atoms with van der Waals surface area (Å²) in [5, 5.41) is 0. The van der Waals surface area contributed by atoms with E-state index in [2.05, 4.69) is 17.1 Å². The van der Waals surface area contributed by atoms with Gasteiger partial charge in [0.2, 0.25) is 0 Å². The summed E-state index contributed by atoms with van der Waals surface area (Å²) in [5.41, 5.74) is 2.43. The number of hydrogen-bond acceptors (Lipinski definition) is 2. The minimum atomic E-state index is 0.135. The first-order valence-corrected chi connectivity index (χ1v) is 5.08. The van der Waals surface area contributed by atoms with Gasteiger partial charge >= 0.3 is 0 Å². The van der Waals surface area contributed by atoms with Crippen molar-refractivity contribution in [3.05, 3.63) is 59.9 Å². The van der Waals surface area contributed by atoms with Crippen LogP contribution in [0.1, 0.15) is 17.2 Å². The molecule has 2 heteroatoms. The molecule has 3 rings (SSSR count). The maximum absolute atomic E-state index is 5.85. The molecule has 0 radical (unpaired) electrons. The fourth-order valence-electron chi connectivity index (χ4n) is 1.93. The largest absolute Gasteiger partial charge is 0.485 e. The van der Waals surface area contributed by atoms with Gasteiger partial charge in [-0.15, -0.1) is 0 Å². The Morgan fingerprint density at radius 3 is 2.87 bits per heavy atom. The lowest BCUT2D eigenvalue weighted by Crippen LogP contribution is -2.02. The van der Waals surface area contributed by atoms with Crippen molar-refractivity contribution < 1.29 is 4.74 Å². The minimum Gasteiger partial charge on any atom is -0.485 e. The van der Waals surface area contributed by atoms with Gasteiger partial charge in [-0.3, -0.25) is 4.98 Å². The molecule has 1 aliphatic heterocycles. The zero-order chi connectivity index (χ0) is 10.1. The maximum Gasteiger partial charge on any atom is 0.129 e. The fraction of sp³-hybridized carbons (Fsp3) is 0.154. The zero-order valence-corrected chi connectivity index (χ0v) is 8.26. The molecule has 1 unspecified atom stereocenters. The van der Waals surface area contributed by atoms with Crippen molar-refractivity contribution in [1.82, 2.24) is 4.98 Å². The second-order valence-electron chi connectivity index (χ2n) is 3.70. The lowest BCUT2D eigenvalue weighted by atomic mass is 10.1. The Morgan fingerprint density at radius 2 is 2.07 bits per heavy atom. The van der Waals surface area contributed by atoms with E-state index in [4.69, 9.17) is 4.74 Å². The van der Waals surface area contributed by atoms with E-state index in [0.717, 1.165) is 17.7 Å². The first-order chi connectivity index (χ1) is 7.43. The highest BCUT2D eigenvalue weighted by atomic mass is 16.5. The first-order valence-electron chi connectivity index (χ1n) is 5.08. The Morgan fingerprint density at radius 1 is 1.13 bits per heavy atom. The van der Waals surface area contributed by atoms with E-state index >= 15 is 0 Å². The average molecular weight is 197 g/mol. The van der Waals surface area contributed by atoms with Crippen LogP contribution in [0.3, 0.4) is 0 Å². The topological polar surface area (TPSA) is 22.1 Å². The highest BCUT2D eigenvalue weighted by molar-refractivity contribution is 5.39. The lowest BCUT2D eigenvalue weighted by molar-refractivity contribution is 0.238. The summed E-state index contributed by atoms with van der Waals surface area (Å²) in [5.74, 6) is 1.01. The maximum atomic E-state index is 5.85. The van der Waals surface area contributed by atoms with Gasteiger partial charge in [0, 0.05) is 24.4 Å². The van der Waals surface area contributed by atoms with Crippen LogP contribution in [0, 0.1) is 0 Å². The summed E-state index contributed by atoms with van der Waals surface area (Å²) in [6.45, 7) is 0. The molecular formula is C13H11NO. The Kier molecular flexibility index (Phi) is 1.91. The van der Waals surface area contributed by atoms with Gasteiger partial charge in [0.05, 0.1) is 0 Å². The predicted octanol–water partition coefficient (Wildman–Crippen LogP) is 2.76. The molecule has 0 saturated heterocycles. The summed E-state index contributed by atoms with van der Waals surface area (Å²) in [4.78, 5) is 4.11. The molecule has 2 nitrogen and oxygen atoms in total. The molecule has 2 heterocycles. The highest BCUT2D eigenvalue weighted by Crippen LogP contribution is 2.35. The van der Waals surface area contributed by atoms with Crippen LogP contribution < -0.4 is 4.74 Å². The molecular weight excluding hydrogens is 186 g/mol. The molecule has 1 aromatic carbocycles. The summed E-state index contributed by atoms with van der Waals surface area (Å²) < 4.78 is 5.85. The molecule has 0 amide bonds. The van der Waals surface area contributed by atoms with Gasteiger partial charge in [0.25, 0.3) is 0 Å². The van der Waals surface area contributed by atoms with E-state index in [0.29, 0.717) is 0 Å². The van der Waals surface area contributed by atoms with Crippen LogP contribution in [0.4, 0.5) is 0 Å². The van der Waals surface area contributed by atoms with Gasteiger partial charge in [-0.2, -0.15) is 0 Å². The van der Waals surface area contributed by atoms with Crippen molar-refractivity contribution in [2.24, 2.45) is 0 Å². The van der Waals surface area contributed by atoms with Gasteiger partial charge in [-0.25, -0.2) is 0 Å². The fourth-order valence-corrected chi connectivity index (χ4v) is 1.93. The zero-order valence-electron chi connectivity index (χ0n) is 8.26. The van der Waals surface area contributed by atoms with E-state index in [9.17, 15) is 0 Å². The normalized spacial score (nSPS) is 18.3. The van der Waals surface area contributed by atoms with Crippen molar-refractivity contribution in [3.63, 3.8) is 0 Å². The average Bonchev–Trinajstić information content (AvgIpc) is 2.74. The summed E-state index contributed by atoms with van der Waals surface area (Å²) in [6.07, 6.45) is 4.74. The molecule has 1 aliphatic rings. The van der Waals surface area contributed by atoms with Crippen molar-refractivity contribution in [3.8, 4) is 5.75 Å². The monoisotopic (exact) mass is 197 g/mol. The van der Waals surface area contributed by atoms with Crippen LogP contribution >= 0.6 is 0 Å². The molecule has 15 heavy (non-hydrogen) atoms. The number of hydrogen-bond donors (Lipinski definition) is 0. The van der Waals surface area contributed by atoms with Gasteiger partial charge in [-0.05, 0) is 17.7 Å². The van der Waals surface area contributed by atoms with Gasteiger partial charge in [-0.1, -0.05) is 24.3 Å². The molecule has 74 valence electrons. The number of ether oxygens (including phenoxy) is 1. The first kappa shape index (κ1) is 8.48. The number of pyridine rings is 1. The van der Waals surface area contributed by atoms with Gasteiger partial charge in [0.15, 0.2) is 0 Å². The molecule has 0 aliphatic carbocycles. The Bertz CT molecular complexity index is 442. The van der Waals surface area contributed by atoms with E-state index in [1.54, 1.807) is 6.20 Å². The standard InChI is InChI=1S/C13H11NO/c1-2-6-12-10(4-1)8-13(15-12)11-5-3-7-14-9-11/h1-7,9,13H,8H2. The van der Waals surface area contributed by atoms with E-state index in [1.807, 2.05) is 30.5 Å². The van der Waals surface area contributed by atoms with Crippen molar-refractivity contribution in [2.45, 2.75) is 12.5 Å². The summed E-state index contributed by atoms with van der Waals surface area (Å²) in [6, 6.07) is 12.2. The number of para-hydroxylation sites is 1. The third-order valence-corrected chi connectivity index (χ3v) is 2.70. The van der Waals surface area contributed by atoms with Crippen molar-refractivity contribution >= 4 is 0 Å². The second kappa shape index (κ2) is 3.39. The lowest BCUT2D eigenvalue weighted by Gasteiger charge is -2.09. The Hall–Kier alpha value is -1.83. The minimum absolute atomic E-state index is 0.135. The quantitative estimate of drug-likeness (QED) is 0.701. The van der Waals surface area contributed by atoms with Crippen LogP contribution in [-0.2, 0) is 6.42 Å². The van der Waals surface area contributed by atoms with Crippen LogP contribution in [0.15, 0.2) is 48.8 Å². The highest BCUT2D eigenvalue weighted by Gasteiger charge is 2.23. The van der Waals surface area contributed by atoms with Gasteiger partial charge in [0.1, 0.15) is 11.9 Å². The van der Waals surface area contributed by atoms with Crippen molar-refractivity contribution in [1.29, 1.82) is 0 Å². The third kappa shape index (κ3) is 1.48. The number of fused-ring (bicyclic) bond motifs is 1. The van der Waals surface area contributed by atoms with Crippen LogP contribution in [-0.4, -0.2) is 4.98 Å². The summed E-state index contributed by atoms with van der Waals surface area (Å²) >= 11 is 0. The molecule has 1 aromatic heterocycles. The van der Waals surface area contributed by atoms with Crippen molar-refractivity contribution in [2.75, 3.05) is 0 Å². The molecule has 0 bridgehead atoms. The van der Waals surface area contributed by atoms with E-state index in [1.165, 1.54) is 5.56 Å².